The maximum atomic E-state index is 4.81. The summed E-state index contributed by atoms with van der Waals surface area (Å²) in [6.07, 6.45) is 6.67. The van der Waals surface area contributed by atoms with E-state index < -0.39 is 0 Å². The molecular formula is C35H21N3. The second kappa shape index (κ2) is 7.33. The van der Waals surface area contributed by atoms with Crippen molar-refractivity contribution in [1.82, 2.24) is 15.0 Å². The highest BCUT2D eigenvalue weighted by Gasteiger charge is 2.38. The minimum atomic E-state index is 0.313. The summed E-state index contributed by atoms with van der Waals surface area (Å²) in [6, 6.07) is 32.9. The largest absolute Gasteiger partial charge is 0.256 e. The van der Waals surface area contributed by atoms with Gasteiger partial charge in [-0.25, -0.2) is 0 Å². The van der Waals surface area contributed by atoms with Gasteiger partial charge in [0.25, 0.3) is 0 Å². The third-order valence-electron chi connectivity index (χ3n) is 8.53. The van der Waals surface area contributed by atoms with Gasteiger partial charge in [-0.2, -0.15) is 0 Å². The van der Waals surface area contributed by atoms with Crippen LogP contribution in [0.3, 0.4) is 0 Å². The monoisotopic (exact) mass is 483 g/mol. The summed E-state index contributed by atoms with van der Waals surface area (Å²) < 4.78 is 0. The fraction of sp³-hybridized carbons (Fsp3) is 0.0571. The van der Waals surface area contributed by atoms with E-state index >= 15 is 0 Å². The number of hydrogen-bond donors (Lipinski definition) is 0. The first kappa shape index (κ1) is 20.2. The van der Waals surface area contributed by atoms with Gasteiger partial charge in [0.05, 0.1) is 16.6 Å². The molecule has 0 radical (unpaired) electrons. The molecule has 9 rings (SSSR count). The number of hydrogen-bond acceptors (Lipinski definition) is 3. The van der Waals surface area contributed by atoms with Crippen LogP contribution in [0.15, 0.2) is 110 Å². The van der Waals surface area contributed by atoms with Crippen molar-refractivity contribution < 1.29 is 0 Å². The summed E-state index contributed by atoms with van der Waals surface area (Å²) in [5.41, 5.74) is 15.1. The van der Waals surface area contributed by atoms with E-state index in [0.29, 0.717) is 5.92 Å². The molecule has 7 aromatic rings. The molecule has 0 fully saturated rings. The molecule has 0 aliphatic heterocycles. The van der Waals surface area contributed by atoms with Crippen molar-refractivity contribution in [2.24, 2.45) is 0 Å². The molecule has 3 nitrogen and oxygen atoms in total. The van der Waals surface area contributed by atoms with Crippen molar-refractivity contribution in [2.75, 3.05) is 0 Å². The Morgan fingerprint density at radius 1 is 0.526 bits per heavy atom. The minimum Gasteiger partial charge on any atom is -0.256 e. The van der Waals surface area contributed by atoms with Gasteiger partial charge in [0.2, 0.25) is 0 Å². The summed E-state index contributed by atoms with van der Waals surface area (Å²) in [5, 5.41) is 3.61. The molecular weight excluding hydrogens is 462 g/mol. The molecule has 4 aromatic carbocycles. The third-order valence-corrected chi connectivity index (χ3v) is 8.53. The van der Waals surface area contributed by atoms with Gasteiger partial charge >= 0.3 is 0 Å². The van der Waals surface area contributed by atoms with Gasteiger partial charge in [0, 0.05) is 40.7 Å². The predicted octanol–water partition coefficient (Wildman–Crippen LogP) is 8.33. The maximum Gasteiger partial charge on any atom is 0.0970 e. The van der Waals surface area contributed by atoms with Crippen LogP contribution in [0, 0.1) is 0 Å². The summed E-state index contributed by atoms with van der Waals surface area (Å²) in [6.45, 7) is 0. The smallest absolute Gasteiger partial charge is 0.0970 e. The van der Waals surface area contributed by atoms with Crippen molar-refractivity contribution in [1.29, 1.82) is 0 Å². The zero-order valence-corrected chi connectivity index (χ0v) is 20.5. The Kier molecular flexibility index (Phi) is 3.90. The number of fused-ring (bicyclic) bond motifs is 11. The van der Waals surface area contributed by atoms with Crippen LogP contribution < -0.4 is 0 Å². The van der Waals surface area contributed by atoms with Gasteiger partial charge in [0.1, 0.15) is 0 Å². The Morgan fingerprint density at radius 2 is 1.32 bits per heavy atom. The second-order valence-corrected chi connectivity index (χ2v) is 10.4. The second-order valence-electron chi connectivity index (χ2n) is 10.4. The quantitative estimate of drug-likeness (QED) is 0.220. The Morgan fingerprint density at radius 3 is 2.24 bits per heavy atom. The number of pyridine rings is 3. The molecule has 0 amide bonds. The Bertz CT molecular complexity index is 2120. The Labute approximate surface area is 219 Å². The number of aromatic nitrogens is 3. The number of para-hydroxylation sites is 1. The van der Waals surface area contributed by atoms with Crippen LogP contribution >= 0.6 is 0 Å². The lowest BCUT2D eigenvalue weighted by Crippen LogP contribution is -2.10. The summed E-state index contributed by atoms with van der Waals surface area (Å²) in [4.78, 5) is 14.2. The molecule has 38 heavy (non-hydrogen) atoms. The molecule has 176 valence electrons. The lowest BCUT2D eigenvalue weighted by molar-refractivity contribution is 0.822. The van der Waals surface area contributed by atoms with E-state index in [9.17, 15) is 0 Å². The SMILES string of the molecule is c1cc2c3c(c1)-c1c(c4cccnc4c4ncccc14)C3Cc1ccc(-c3ccnc4ccccc34)cc1-2. The van der Waals surface area contributed by atoms with E-state index in [1.807, 2.05) is 24.7 Å². The average Bonchev–Trinajstić information content (AvgIpc) is 3.32. The molecule has 1 atom stereocenters. The zero-order valence-electron chi connectivity index (χ0n) is 20.5. The van der Waals surface area contributed by atoms with Crippen LogP contribution in [0.4, 0.5) is 0 Å². The van der Waals surface area contributed by atoms with Crippen LogP contribution in [-0.2, 0) is 6.42 Å². The number of benzene rings is 4. The standard InChI is InChI=1S/C35H21N3/c1-2-11-30-23(6-1)22(14-17-36-30)20-12-13-21-19-29-31-24(28(21)18-20)7-3-8-25(31)32-26-9-4-15-37-34(26)35-27(33(29)32)10-5-16-38-35/h1-18,29H,19H2. The highest BCUT2D eigenvalue weighted by atomic mass is 14.7. The van der Waals surface area contributed by atoms with E-state index in [-0.39, 0.29) is 0 Å². The molecule has 0 saturated heterocycles. The van der Waals surface area contributed by atoms with Gasteiger partial charge in [-0.1, -0.05) is 60.7 Å². The lowest BCUT2D eigenvalue weighted by Gasteiger charge is -2.27. The first-order chi connectivity index (χ1) is 18.9. The molecule has 2 aliphatic rings. The predicted molar refractivity (Wildman–Crippen MR) is 154 cm³/mol. The normalized spacial score (nSPS) is 15.0. The van der Waals surface area contributed by atoms with Crippen molar-refractivity contribution in [3.63, 3.8) is 0 Å². The molecule has 1 unspecified atom stereocenters. The number of nitrogens with zero attached hydrogens (tertiary/aromatic N) is 3. The highest BCUT2D eigenvalue weighted by molar-refractivity contribution is 6.15. The van der Waals surface area contributed by atoms with Crippen LogP contribution in [0.25, 0.3) is 66.1 Å². The fourth-order valence-electron chi connectivity index (χ4n) is 7.02. The molecule has 3 heteroatoms. The third kappa shape index (κ3) is 2.55. The zero-order chi connectivity index (χ0) is 24.8. The first-order valence-electron chi connectivity index (χ1n) is 13.1. The van der Waals surface area contributed by atoms with Crippen molar-refractivity contribution >= 4 is 32.7 Å². The summed E-state index contributed by atoms with van der Waals surface area (Å²) in [7, 11) is 0. The number of rotatable bonds is 1. The lowest BCUT2D eigenvalue weighted by atomic mass is 9.77. The Balaban J connectivity index is 1.32. The van der Waals surface area contributed by atoms with Crippen molar-refractivity contribution in [2.45, 2.75) is 12.3 Å². The molecule has 2 aliphatic carbocycles. The van der Waals surface area contributed by atoms with Gasteiger partial charge in [-0.3, -0.25) is 15.0 Å². The van der Waals surface area contributed by atoms with E-state index in [1.54, 1.807) is 0 Å². The highest BCUT2D eigenvalue weighted by Crippen LogP contribution is 2.57. The molecule has 0 spiro atoms. The molecule has 3 heterocycles. The van der Waals surface area contributed by atoms with Crippen LogP contribution in [0.2, 0.25) is 0 Å². The van der Waals surface area contributed by atoms with Crippen LogP contribution in [0.5, 0.6) is 0 Å². The average molecular weight is 484 g/mol. The molecule has 0 N–H and O–H groups in total. The van der Waals surface area contributed by atoms with Gasteiger partial charge in [-0.05, 0) is 86.8 Å². The van der Waals surface area contributed by atoms with Gasteiger partial charge < -0.3 is 0 Å². The van der Waals surface area contributed by atoms with Crippen LogP contribution in [0.1, 0.15) is 22.6 Å². The summed E-state index contributed by atoms with van der Waals surface area (Å²) >= 11 is 0. The van der Waals surface area contributed by atoms with Crippen molar-refractivity contribution in [3.8, 4) is 33.4 Å². The van der Waals surface area contributed by atoms with Gasteiger partial charge in [-0.15, -0.1) is 0 Å². The Hall–Kier alpha value is -4.89. The minimum absolute atomic E-state index is 0.313. The van der Waals surface area contributed by atoms with E-state index in [1.165, 1.54) is 66.2 Å². The van der Waals surface area contributed by atoms with Gasteiger partial charge in [0.15, 0.2) is 0 Å². The maximum absolute atomic E-state index is 4.81. The van der Waals surface area contributed by atoms with Crippen LogP contribution in [-0.4, -0.2) is 15.0 Å². The summed E-state index contributed by atoms with van der Waals surface area (Å²) in [5.74, 6) is 0.313. The van der Waals surface area contributed by atoms with Crippen molar-refractivity contribution in [3.05, 3.63) is 126 Å². The molecule has 0 bridgehead atoms. The topological polar surface area (TPSA) is 38.7 Å². The van der Waals surface area contributed by atoms with E-state index in [4.69, 9.17) is 9.97 Å². The molecule has 3 aromatic heterocycles. The fourth-order valence-corrected chi connectivity index (χ4v) is 7.02. The van der Waals surface area contributed by atoms with E-state index in [2.05, 4.69) is 89.9 Å². The molecule has 0 saturated carbocycles. The first-order valence-corrected chi connectivity index (χ1v) is 13.1. The van der Waals surface area contributed by atoms with E-state index in [0.717, 1.165) is 23.0 Å².